The molecule has 0 aliphatic carbocycles. The first-order chi connectivity index (χ1) is 9.61. The number of aryl methyl sites for hydroxylation is 1. The molecule has 1 saturated heterocycles. The largest absolute Gasteiger partial charge is 0.379 e. The number of carbonyl (C=O) groups is 1. The van der Waals surface area contributed by atoms with Gasteiger partial charge in [-0.3, -0.25) is 4.79 Å². The van der Waals surface area contributed by atoms with Crippen molar-refractivity contribution in [3.63, 3.8) is 0 Å². The molecule has 2 atom stereocenters. The van der Waals surface area contributed by atoms with Crippen LogP contribution in [0.1, 0.15) is 18.9 Å². The fraction of sp³-hybridized carbons (Fsp3) is 0.533. The monoisotopic (exact) mass is 340 g/mol. The van der Waals surface area contributed by atoms with E-state index >= 15 is 0 Å². The summed E-state index contributed by atoms with van der Waals surface area (Å²) in [6.07, 6.45) is 1.05. The minimum absolute atomic E-state index is 0.0292. The van der Waals surface area contributed by atoms with Gasteiger partial charge in [0.2, 0.25) is 5.91 Å². The molecule has 5 heteroatoms. The van der Waals surface area contributed by atoms with Crippen LogP contribution in [-0.2, 0) is 9.53 Å². The number of rotatable bonds is 5. The molecule has 1 heterocycles. The van der Waals surface area contributed by atoms with Crippen LogP contribution in [0, 0.1) is 12.8 Å². The second-order valence-electron chi connectivity index (χ2n) is 5.15. The van der Waals surface area contributed by atoms with Crippen molar-refractivity contribution >= 4 is 27.5 Å². The lowest BCUT2D eigenvalue weighted by Gasteiger charge is -2.19. The number of hydrogen-bond donors (Lipinski definition) is 2. The molecule has 0 radical (unpaired) electrons. The van der Waals surface area contributed by atoms with Gasteiger partial charge in [-0.25, -0.2) is 0 Å². The van der Waals surface area contributed by atoms with E-state index in [2.05, 4.69) is 33.5 Å². The minimum Gasteiger partial charge on any atom is -0.379 e. The van der Waals surface area contributed by atoms with E-state index in [1.54, 1.807) is 0 Å². The van der Waals surface area contributed by atoms with E-state index in [9.17, 15) is 4.79 Å². The third kappa shape index (κ3) is 3.81. The Labute approximate surface area is 128 Å². The van der Waals surface area contributed by atoms with Gasteiger partial charge >= 0.3 is 0 Å². The number of carbonyl (C=O) groups excluding carboxylic acids is 1. The average molecular weight is 341 g/mol. The Morgan fingerprint density at radius 2 is 2.25 bits per heavy atom. The lowest BCUT2D eigenvalue weighted by Crippen LogP contribution is -2.41. The van der Waals surface area contributed by atoms with E-state index in [0.717, 1.165) is 28.7 Å². The second kappa shape index (κ2) is 7.20. The molecule has 2 N–H and O–H groups in total. The van der Waals surface area contributed by atoms with Gasteiger partial charge in [0.25, 0.3) is 0 Å². The number of nitrogens with one attached hydrogen (secondary N) is 2. The van der Waals surface area contributed by atoms with Gasteiger partial charge in [0, 0.05) is 16.2 Å². The maximum atomic E-state index is 12.4. The minimum atomic E-state index is -0.121. The molecule has 0 aromatic heterocycles. The summed E-state index contributed by atoms with van der Waals surface area (Å²) >= 11 is 3.42. The normalized spacial score (nSPS) is 21.9. The summed E-state index contributed by atoms with van der Waals surface area (Å²) in [5, 5.41) is 6.38. The maximum absolute atomic E-state index is 12.4. The van der Waals surface area contributed by atoms with Crippen molar-refractivity contribution < 1.29 is 9.53 Å². The Kier molecular flexibility index (Phi) is 5.57. The van der Waals surface area contributed by atoms with Gasteiger partial charge in [-0.1, -0.05) is 22.9 Å². The van der Waals surface area contributed by atoms with Gasteiger partial charge in [-0.05, 0) is 43.7 Å². The highest BCUT2D eigenvalue weighted by Gasteiger charge is 2.33. The highest BCUT2D eigenvalue weighted by Crippen LogP contribution is 2.22. The first kappa shape index (κ1) is 15.5. The van der Waals surface area contributed by atoms with E-state index in [0.29, 0.717) is 13.2 Å². The second-order valence-corrected chi connectivity index (χ2v) is 6.07. The molecule has 1 aromatic carbocycles. The Morgan fingerprint density at radius 3 is 2.95 bits per heavy atom. The number of benzene rings is 1. The van der Waals surface area contributed by atoms with E-state index in [4.69, 9.17) is 4.74 Å². The summed E-state index contributed by atoms with van der Waals surface area (Å²) < 4.78 is 6.46. The topological polar surface area (TPSA) is 50.4 Å². The average Bonchev–Trinajstić information content (AvgIpc) is 2.88. The fourth-order valence-corrected chi connectivity index (χ4v) is 2.81. The molecule has 1 fully saturated rings. The van der Waals surface area contributed by atoms with Crippen LogP contribution in [0.3, 0.4) is 0 Å². The van der Waals surface area contributed by atoms with E-state index in [1.165, 1.54) is 0 Å². The van der Waals surface area contributed by atoms with E-state index in [-0.39, 0.29) is 17.9 Å². The van der Waals surface area contributed by atoms with Crippen LogP contribution in [0.25, 0.3) is 0 Å². The standard InChI is InChI=1S/C15H21BrN2O2/c1-3-6-17-14-9-20-8-12(14)15(19)18-13-5-4-11(16)7-10(13)2/h4-5,7,12,14,17H,3,6,8-9H2,1-2H3,(H,18,19). The Hall–Kier alpha value is -0.910. The number of amides is 1. The van der Waals surface area contributed by atoms with Crippen LogP contribution in [0.2, 0.25) is 0 Å². The molecule has 4 nitrogen and oxygen atoms in total. The van der Waals surface area contributed by atoms with Crippen LogP contribution >= 0.6 is 15.9 Å². The third-order valence-corrected chi connectivity index (χ3v) is 4.01. The molecule has 1 amide bonds. The zero-order valence-electron chi connectivity index (χ0n) is 11.9. The van der Waals surface area contributed by atoms with Gasteiger partial charge in [-0.2, -0.15) is 0 Å². The SMILES string of the molecule is CCCNC1COCC1C(=O)Nc1ccc(Br)cc1C. The summed E-state index contributed by atoms with van der Waals surface area (Å²) in [5.41, 5.74) is 1.91. The van der Waals surface area contributed by atoms with Crippen molar-refractivity contribution in [3.8, 4) is 0 Å². The van der Waals surface area contributed by atoms with Crippen LogP contribution in [-0.4, -0.2) is 31.7 Å². The van der Waals surface area contributed by atoms with Crippen molar-refractivity contribution in [3.05, 3.63) is 28.2 Å². The molecule has 1 aliphatic heterocycles. The Morgan fingerprint density at radius 1 is 1.45 bits per heavy atom. The smallest absolute Gasteiger partial charge is 0.231 e. The molecular weight excluding hydrogens is 320 g/mol. The molecule has 0 bridgehead atoms. The Balaban J connectivity index is 2.00. The first-order valence-corrected chi connectivity index (χ1v) is 7.79. The predicted octanol–water partition coefficient (Wildman–Crippen LogP) is 2.71. The van der Waals surface area contributed by atoms with Crippen LogP contribution in [0.5, 0.6) is 0 Å². The van der Waals surface area contributed by atoms with E-state index in [1.807, 2.05) is 25.1 Å². The van der Waals surface area contributed by atoms with E-state index < -0.39 is 0 Å². The number of ether oxygens (including phenoxy) is 1. The van der Waals surface area contributed by atoms with Crippen molar-refractivity contribution in [2.75, 3.05) is 25.1 Å². The van der Waals surface area contributed by atoms with Gasteiger partial charge in [-0.15, -0.1) is 0 Å². The molecule has 2 unspecified atom stereocenters. The van der Waals surface area contributed by atoms with Crippen molar-refractivity contribution in [2.24, 2.45) is 5.92 Å². The molecule has 0 spiro atoms. The van der Waals surface area contributed by atoms with Gasteiger partial charge in [0.05, 0.1) is 19.1 Å². The predicted molar refractivity (Wildman–Crippen MR) is 83.9 cm³/mol. The number of anilines is 1. The van der Waals surface area contributed by atoms with Crippen LogP contribution < -0.4 is 10.6 Å². The van der Waals surface area contributed by atoms with Crippen molar-refractivity contribution in [1.82, 2.24) is 5.32 Å². The van der Waals surface area contributed by atoms with Gasteiger partial charge < -0.3 is 15.4 Å². The zero-order valence-corrected chi connectivity index (χ0v) is 13.5. The Bertz CT molecular complexity index is 479. The van der Waals surface area contributed by atoms with Crippen LogP contribution in [0.15, 0.2) is 22.7 Å². The van der Waals surface area contributed by atoms with Crippen LogP contribution in [0.4, 0.5) is 5.69 Å². The summed E-state index contributed by atoms with van der Waals surface area (Å²) in [7, 11) is 0. The summed E-state index contributed by atoms with van der Waals surface area (Å²) in [6, 6.07) is 5.96. The lowest BCUT2D eigenvalue weighted by atomic mass is 10.0. The highest BCUT2D eigenvalue weighted by atomic mass is 79.9. The number of halogens is 1. The highest BCUT2D eigenvalue weighted by molar-refractivity contribution is 9.10. The third-order valence-electron chi connectivity index (χ3n) is 3.52. The van der Waals surface area contributed by atoms with Gasteiger partial charge in [0.1, 0.15) is 0 Å². The molecule has 1 aromatic rings. The lowest BCUT2D eigenvalue weighted by molar-refractivity contribution is -0.120. The summed E-state index contributed by atoms with van der Waals surface area (Å²) in [6.45, 7) is 6.11. The zero-order chi connectivity index (χ0) is 14.5. The maximum Gasteiger partial charge on any atom is 0.231 e. The molecule has 110 valence electrons. The molecule has 2 rings (SSSR count). The molecule has 0 saturated carbocycles. The van der Waals surface area contributed by atoms with Gasteiger partial charge in [0.15, 0.2) is 0 Å². The fourth-order valence-electron chi connectivity index (χ4n) is 2.34. The number of hydrogen-bond acceptors (Lipinski definition) is 3. The quantitative estimate of drug-likeness (QED) is 0.866. The van der Waals surface area contributed by atoms with Crippen molar-refractivity contribution in [1.29, 1.82) is 0 Å². The summed E-state index contributed by atoms with van der Waals surface area (Å²) in [5.74, 6) is -0.0916. The van der Waals surface area contributed by atoms with Crippen molar-refractivity contribution in [2.45, 2.75) is 26.3 Å². The molecule has 1 aliphatic rings. The molecular formula is C15H21BrN2O2. The first-order valence-electron chi connectivity index (χ1n) is 7.00. The summed E-state index contributed by atoms with van der Waals surface area (Å²) in [4.78, 5) is 12.4. The molecule has 20 heavy (non-hydrogen) atoms.